The van der Waals surface area contributed by atoms with E-state index in [9.17, 15) is 4.57 Å². The van der Waals surface area contributed by atoms with Crippen molar-refractivity contribution in [1.29, 1.82) is 0 Å². The third-order valence-corrected chi connectivity index (χ3v) is 0.367. The van der Waals surface area contributed by atoms with Gasteiger partial charge in [0.2, 0.25) is 0 Å². The fourth-order valence-corrected chi connectivity index (χ4v) is 0.223. The predicted octanol–water partition coefficient (Wildman–Crippen LogP) is 1.16. The number of hydrogen-bond acceptors (Lipinski definition) is 3. The second kappa shape index (κ2) is 5.02. The van der Waals surface area contributed by atoms with E-state index in [4.69, 9.17) is 0 Å². The summed E-state index contributed by atoms with van der Waals surface area (Å²) in [6.07, 6.45) is 0. The van der Waals surface area contributed by atoms with Crippen molar-refractivity contribution in [2.75, 3.05) is 6.61 Å². The maximum Gasteiger partial charge on any atom is 0.358 e. The first-order chi connectivity index (χ1) is 2.91. The summed E-state index contributed by atoms with van der Waals surface area (Å²) in [6, 6.07) is 0. The second-order valence-corrected chi connectivity index (χ2v) is 0.854. The van der Waals surface area contributed by atoms with Gasteiger partial charge in [0.25, 0.3) is 0 Å². The van der Waals surface area contributed by atoms with Gasteiger partial charge in [-0.3, -0.25) is 0 Å². The van der Waals surface area contributed by atoms with Crippen LogP contribution in [0.25, 0.3) is 0 Å². The Kier molecular flexibility index (Phi) is 5.04. The molecule has 0 spiro atoms. The van der Waals surface area contributed by atoms with E-state index in [0.29, 0.717) is 6.61 Å². The van der Waals surface area contributed by atoms with Gasteiger partial charge < -0.3 is 0 Å². The third kappa shape index (κ3) is 4.02. The van der Waals surface area contributed by atoms with Gasteiger partial charge >= 0.3 is 8.69 Å². The van der Waals surface area contributed by atoms with E-state index in [2.05, 4.69) is 9.56 Å². The summed E-state index contributed by atoms with van der Waals surface area (Å²) < 4.78 is 13.2. The first-order valence-corrected chi connectivity index (χ1v) is 2.26. The Bertz CT molecular complexity index is 37.8. The topological polar surface area (TPSA) is 35.5 Å². The lowest BCUT2D eigenvalue weighted by Gasteiger charge is -1.83. The van der Waals surface area contributed by atoms with Crippen molar-refractivity contribution in [3.8, 4) is 0 Å². The Morgan fingerprint density at radius 3 is 2.67 bits per heavy atom. The van der Waals surface area contributed by atoms with Gasteiger partial charge in [-0.25, -0.2) is 9.45 Å². The van der Waals surface area contributed by atoms with Crippen LogP contribution in [0, 0.1) is 0 Å². The highest BCUT2D eigenvalue weighted by Crippen LogP contribution is 1.92. The molecule has 0 aromatic rings. The highest BCUT2D eigenvalue weighted by Gasteiger charge is 1.73. The summed E-state index contributed by atoms with van der Waals surface area (Å²) in [4.78, 5) is 4.16. The van der Waals surface area contributed by atoms with E-state index in [1.807, 2.05) is 0 Å². The van der Waals surface area contributed by atoms with Gasteiger partial charge in [0, 0.05) is 0 Å². The highest BCUT2D eigenvalue weighted by atomic mass is 31.1. The van der Waals surface area contributed by atoms with Gasteiger partial charge in [-0.2, -0.15) is 0 Å². The summed E-state index contributed by atoms with van der Waals surface area (Å²) in [5, 5.41) is 0. The minimum atomic E-state index is -0.427. The largest absolute Gasteiger partial charge is 0.358 e. The molecule has 0 aliphatic rings. The Hall–Kier alpha value is 0.0200. The molecule has 0 radical (unpaired) electrons. The van der Waals surface area contributed by atoms with Crippen molar-refractivity contribution in [1.82, 2.24) is 0 Å². The Morgan fingerprint density at radius 2 is 2.50 bits per heavy atom. The van der Waals surface area contributed by atoms with E-state index in [1.165, 1.54) is 0 Å². The van der Waals surface area contributed by atoms with Crippen LogP contribution in [0.4, 0.5) is 0 Å². The van der Waals surface area contributed by atoms with Crippen molar-refractivity contribution < 1.29 is 14.1 Å². The van der Waals surface area contributed by atoms with Gasteiger partial charge in [0.05, 0.1) is 6.61 Å². The SMILES string of the molecule is CCOOP=O. The molecule has 0 heterocycles. The molecule has 0 aliphatic heterocycles. The van der Waals surface area contributed by atoms with E-state index >= 15 is 0 Å². The van der Waals surface area contributed by atoms with Crippen molar-refractivity contribution in [2.24, 2.45) is 0 Å². The lowest BCUT2D eigenvalue weighted by atomic mass is 10.9. The Balaban J connectivity index is 2.49. The molecule has 0 N–H and O–H groups in total. The van der Waals surface area contributed by atoms with Crippen LogP contribution in [0.1, 0.15) is 6.92 Å². The smallest absolute Gasteiger partial charge is 0.238 e. The summed E-state index contributed by atoms with van der Waals surface area (Å²) in [5.74, 6) is 0. The van der Waals surface area contributed by atoms with E-state index in [0.717, 1.165) is 0 Å². The number of rotatable bonds is 3. The zero-order chi connectivity index (χ0) is 4.83. The summed E-state index contributed by atoms with van der Waals surface area (Å²) in [6.45, 7) is 2.17. The fourth-order valence-electron chi connectivity index (χ4n) is 0.0742. The molecule has 36 valence electrons. The van der Waals surface area contributed by atoms with E-state index in [-0.39, 0.29) is 0 Å². The molecular formula is C2H5O3P. The molecule has 0 amide bonds. The average Bonchev–Trinajstić information content (AvgIpc) is 1.61. The molecule has 0 saturated carbocycles. The predicted molar refractivity (Wildman–Crippen MR) is 20.3 cm³/mol. The van der Waals surface area contributed by atoms with Crippen LogP contribution >= 0.6 is 8.69 Å². The maximum absolute atomic E-state index is 9.31. The molecule has 0 aromatic carbocycles. The Labute approximate surface area is 37.5 Å². The van der Waals surface area contributed by atoms with Gasteiger partial charge in [-0.15, -0.1) is 4.67 Å². The van der Waals surface area contributed by atoms with Crippen molar-refractivity contribution >= 4 is 8.69 Å². The minimum absolute atomic E-state index is 0.426. The standard InChI is InChI=1S/C2H5O3P/c1-2-4-5-6-3/h2H2,1H3. The second-order valence-electron chi connectivity index (χ2n) is 0.556. The van der Waals surface area contributed by atoms with Crippen molar-refractivity contribution in [2.45, 2.75) is 6.92 Å². The zero-order valence-corrected chi connectivity index (χ0v) is 4.27. The van der Waals surface area contributed by atoms with Crippen molar-refractivity contribution in [3.05, 3.63) is 0 Å². The van der Waals surface area contributed by atoms with E-state index < -0.39 is 8.69 Å². The molecule has 0 aliphatic carbocycles. The van der Waals surface area contributed by atoms with E-state index in [1.54, 1.807) is 6.92 Å². The summed E-state index contributed by atoms with van der Waals surface area (Å²) in [5.41, 5.74) is 0. The van der Waals surface area contributed by atoms with Crippen molar-refractivity contribution in [3.63, 3.8) is 0 Å². The highest BCUT2D eigenvalue weighted by molar-refractivity contribution is 7.17. The fraction of sp³-hybridized carbons (Fsp3) is 1.00. The zero-order valence-electron chi connectivity index (χ0n) is 3.38. The quantitative estimate of drug-likeness (QED) is 0.235. The van der Waals surface area contributed by atoms with Crippen LogP contribution in [-0.4, -0.2) is 6.61 Å². The van der Waals surface area contributed by atoms with Gasteiger partial charge in [0.1, 0.15) is 0 Å². The first-order valence-electron chi connectivity index (χ1n) is 1.53. The maximum atomic E-state index is 9.31. The molecule has 6 heavy (non-hydrogen) atoms. The molecule has 0 rings (SSSR count). The van der Waals surface area contributed by atoms with Crippen LogP contribution in [0.3, 0.4) is 0 Å². The van der Waals surface area contributed by atoms with Crippen LogP contribution in [0.2, 0.25) is 0 Å². The molecule has 0 unspecified atom stereocenters. The number of hydrogen-bond donors (Lipinski definition) is 0. The molecular weight excluding hydrogens is 103 g/mol. The molecule has 0 saturated heterocycles. The van der Waals surface area contributed by atoms with Gasteiger partial charge in [-0.1, -0.05) is 0 Å². The monoisotopic (exact) mass is 108 g/mol. The van der Waals surface area contributed by atoms with Crippen LogP contribution in [-0.2, 0) is 14.1 Å². The van der Waals surface area contributed by atoms with Gasteiger partial charge in [-0.05, 0) is 6.92 Å². The van der Waals surface area contributed by atoms with Crippen LogP contribution in [0.15, 0.2) is 0 Å². The molecule has 0 aromatic heterocycles. The summed E-state index contributed by atoms with van der Waals surface area (Å²) in [7, 11) is -0.427. The first kappa shape index (κ1) is 6.02. The molecule has 0 atom stereocenters. The molecule has 0 fully saturated rings. The average molecular weight is 108 g/mol. The van der Waals surface area contributed by atoms with Crippen LogP contribution in [0.5, 0.6) is 0 Å². The summed E-state index contributed by atoms with van der Waals surface area (Å²) >= 11 is 0. The Morgan fingerprint density at radius 1 is 1.83 bits per heavy atom. The lowest BCUT2D eigenvalue weighted by molar-refractivity contribution is -0.192. The molecule has 0 bridgehead atoms. The van der Waals surface area contributed by atoms with Crippen LogP contribution < -0.4 is 0 Å². The lowest BCUT2D eigenvalue weighted by Crippen LogP contribution is -1.78. The normalized spacial score (nSPS) is 9.50. The van der Waals surface area contributed by atoms with Gasteiger partial charge in [0.15, 0.2) is 0 Å². The minimum Gasteiger partial charge on any atom is -0.238 e. The third-order valence-electron chi connectivity index (χ3n) is 0.201. The molecule has 3 nitrogen and oxygen atoms in total. The molecule has 4 heteroatoms.